The van der Waals surface area contributed by atoms with Gasteiger partial charge < -0.3 is 0 Å². The molecule has 0 amide bonds. The van der Waals surface area contributed by atoms with E-state index in [0.717, 1.165) is 72.1 Å². The minimum atomic E-state index is -5.23. The molecular formula is C43H97N16OP5Si. The molecule has 384 valence electrons. The molecule has 4 fully saturated rings. The van der Waals surface area contributed by atoms with Gasteiger partial charge in [-0.1, -0.05) is 0 Å². The zero-order chi connectivity index (χ0) is 50.7. The Morgan fingerprint density at radius 2 is 0.515 bits per heavy atom. The summed E-state index contributed by atoms with van der Waals surface area (Å²) in [5.41, 5.74) is 2.20. The molecule has 0 N–H and O–H groups in total. The van der Waals surface area contributed by atoms with Gasteiger partial charge in [-0.15, -0.1) is 0 Å². The average molecular weight is 1040 g/mol. The van der Waals surface area contributed by atoms with Crippen LogP contribution in [0.3, 0.4) is 0 Å². The van der Waals surface area contributed by atoms with Crippen molar-refractivity contribution >= 4 is 69.9 Å². The van der Waals surface area contributed by atoms with E-state index in [1.54, 1.807) is 0 Å². The zero-order valence-corrected chi connectivity index (χ0v) is 52.4. The van der Waals surface area contributed by atoms with Gasteiger partial charge in [0, 0.05) is 0 Å². The molecule has 4 saturated heterocycles. The zero-order valence-electron chi connectivity index (χ0n) is 47.0. The van der Waals surface area contributed by atoms with Gasteiger partial charge in [-0.25, -0.2) is 0 Å². The van der Waals surface area contributed by atoms with Crippen molar-refractivity contribution in [1.82, 2.24) is 57.9 Å². The minimum absolute atomic E-state index is 0.547. The predicted octanol–water partition coefficient (Wildman–Crippen LogP) is 6.29. The quantitative estimate of drug-likeness (QED) is 0.0877. The fraction of sp³-hybridized carbons (Fsp3) is 0.907. The molecule has 23 heteroatoms. The first-order valence-corrected chi connectivity index (χ1v) is 34.8. The van der Waals surface area contributed by atoms with Gasteiger partial charge in [-0.2, -0.15) is 0 Å². The molecule has 17 nitrogen and oxygen atoms in total. The van der Waals surface area contributed by atoms with Gasteiger partial charge in [0.05, 0.1) is 0 Å². The van der Waals surface area contributed by atoms with Gasteiger partial charge in [0.15, 0.2) is 0 Å². The second-order valence-corrected chi connectivity index (χ2v) is 39.4. The van der Waals surface area contributed by atoms with E-state index in [1.165, 1.54) is 0 Å². The molecule has 4 aliphatic rings. The molecule has 0 aromatic carbocycles. The Hall–Kier alpha value is 0.527. The van der Waals surface area contributed by atoms with Gasteiger partial charge >= 0.3 is 413 Å². The Bertz CT molecular complexity index is 1550. The second-order valence-electron chi connectivity index (χ2n) is 22.1. The van der Waals surface area contributed by atoms with Crippen molar-refractivity contribution in [2.75, 3.05) is 194 Å². The molecule has 0 radical (unpaired) electrons. The van der Waals surface area contributed by atoms with Crippen LogP contribution in [0.4, 0.5) is 0 Å². The number of hydrogen-bond acceptors (Lipinski definition) is 17. The van der Waals surface area contributed by atoms with Crippen molar-refractivity contribution in [3.05, 3.63) is 0 Å². The summed E-state index contributed by atoms with van der Waals surface area (Å²) in [7, 11) is 41.8. The van der Waals surface area contributed by atoms with E-state index >= 15 is 0 Å². The summed E-state index contributed by atoms with van der Waals surface area (Å²) in [5.74, 6) is 0. The van der Waals surface area contributed by atoms with Crippen LogP contribution in [0.2, 0.25) is 19.6 Å². The molecule has 4 rings (SSSR count). The average Bonchev–Trinajstić information content (AvgIpc) is 3.92. The molecule has 0 aromatic heterocycles. The van der Waals surface area contributed by atoms with Crippen LogP contribution in [0.15, 0.2) is 19.1 Å². The normalized spacial score (nSPS) is 29.2. The summed E-state index contributed by atoms with van der Waals surface area (Å²) < 4.78 is 45.1. The van der Waals surface area contributed by atoms with Crippen molar-refractivity contribution in [3.63, 3.8) is 0 Å². The molecule has 0 saturated carbocycles. The standard InChI is InChI=1S/C43H97N16OP5Si/c1-48(2)40(49(3)4)28-32-61(56(17)18)36(40)44-65(60-66(25,26)27,45-37-41(50(5)6,51(7)8)29-33-62(37)57(19)20,46-38-42(52(9)10,53(11)12)30-34-63(38)58(21)22)47-39-43(54(13)14,55(15)16)31-35-64(39)59(23)24/h28-35H2,1-27H3. The van der Waals surface area contributed by atoms with E-state index < -0.39 is 70.7 Å². The Morgan fingerprint density at radius 3 is 0.636 bits per heavy atom. The number of rotatable bonds is 18. The first-order valence-electron chi connectivity index (χ1n) is 23.5. The third-order valence-corrected chi connectivity index (χ3v) is 31.0. The molecule has 0 spiro atoms. The van der Waals surface area contributed by atoms with Crippen LogP contribution in [0.5, 0.6) is 0 Å². The van der Waals surface area contributed by atoms with Gasteiger partial charge in [0.1, 0.15) is 0 Å². The van der Waals surface area contributed by atoms with Crippen LogP contribution in [-0.2, 0) is 4.21 Å². The summed E-state index contributed by atoms with van der Waals surface area (Å²) in [4.78, 5) is 19.2. The van der Waals surface area contributed by atoms with Gasteiger partial charge in [-0.05, 0) is 0 Å². The fourth-order valence-electron chi connectivity index (χ4n) is 11.2. The topological polar surface area (TPSA) is 97.5 Å². The van der Waals surface area contributed by atoms with E-state index in [9.17, 15) is 0 Å². The van der Waals surface area contributed by atoms with Crippen molar-refractivity contribution in [3.8, 4) is 0 Å². The molecule has 0 aliphatic carbocycles. The summed E-state index contributed by atoms with van der Waals surface area (Å²) in [6.07, 6.45) is 7.59. The molecule has 4 heterocycles. The van der Waals surface area contributed by atoms with E-state index in [0.29, 0.717) is 0 Å². The van der Waals surface area contributed by atoms with Gasteiger partial charge in [-0.3, -0.25) is 0 Å². The van der Waals surface area contributed by atoms with E-state index in [4.69, 9.17) is 23.3 Å². The van der Waals surface area contributed by atoms with Crippen molar-refractivity contribution in [1.29, 1.82) is 0 Å². The third-order valence-electron chi connectivity index (χ3n) is 14.5. The van der Waals surface area contributed by atoms with Crippen LogP contribution in [0, 0.1) is 0 Å². The summed E-state index contributed by atoms with van der Waals surface area (Å²) in [6.45, 7) is 6.96. The summed E-state index contributed by atoms with van der Waals surface area (Å²) in [6, 6.07) is 0. The molecule has 66 heavy (non-hydrogen) atoms. The van der Waals surface area contributed by atoms with E-state index in [2.05, 4.69) is 247 Å². The van der Waals surface area contributed by atoms with Gasteiger partial charge in [0.2, 0.25) is 0 Å². The molecule has 0 aromatic rings. The van der Waals surface area contributed by atoms with Crippen molar-refractivity contribution in [2.45, 2.75) is 68.0 Å². The second kappa shape index (κ2) is 21.2. The maximum atomic E-state index is 8.52. The fourth-order valence-corrected chi connectivity index (χ4v) is 31.3. The molecule has 4 atom stereocenters. The first kappa shape index (κ1) is 59.1. The summed E-state index contributed by atoms with van der Waals surface area (Å²) >= 11 is 0. The van der Waals surface area contributed by atoms with Crippen LogP contribution in [-0.4, -0.2) is 304 Å². The Morgan fingerprint density at radius 1 is 0.348 bits per heavy atom. The van der Waals surface area contributed by atoms with Gasteiger partial charge in [0.25, 0.3) is 0 Å². The molecule has 4 unspecified atom stereocenters. The SMILES string of the molecule is CN(C)P1CCC(N(C)C)(N(C)C)C1=NP(N=C1P(N(C)C)CCC1(N(C)C)N(C)C)(N=C1P(N(C)C)CCC1(N(C)C)N(C)C)(N=C1P(N(C)C)CCC1(N(C)C)N(C)C)O[Si](C)(C)C. The first-order chi connectivity index (χ1) is 30.1. The third kappa shape index (κ3) is 10.2. The monoisotopic (exact) mass is 1040 g/mol. The molecule has 4 aliphatic heterocycles. The van der Waals surface area contributed by atoms with E-state index in [1.807, 2.05) is 0 Å². The van der Waals surface area contributed by atoms with Crippen LogP contribution in [0.1, 0.15) is 25.7 Å². The number of nitrogens with zero attached hydrogens (tertiary/aromatic N) is 16. The summed E-state index contributed by atoms with van der Waals surface area (Å²) in [5, 5.41) is 0. The molecular weight excluding hydrogens is 940 g/mol. The number of hydrogen-bond donors (Lipinski definition) is 0. The van der Waals surface area contributed by atoms with Crippen LogP contribution in [0.25, 0.3) is 0 Å². The molecule has 0 bridgehead atoms. The Kier molecular flexibility index (Phi) is 19.0. The predicted molar refractivity (Wildman–Crippen MR) is 302 cm³/mol. The van der Waals surface area contributed by atoms with Crippen LogP contribution < -0.4 is 0 Å². The Labute approximate surface area is 411 Å². The van der Waals surface area contributed by atoms with E-state index in [-0.39, 0.29) is 0 Å². The Balaban J connectivity index is 2.74. The van der Waals surface area contributed by atoms with Crippen molar-refractivity contribution < 1.29 is 4.21 Å². The van der Waals surface area contributed by atoms with Crippen molar-refractivity contribution in [2.24, 2.45) is 19.1 Å². The van der Waals surface area contributed by atoms with Crippen LogP contribution >= 0.6 is 39.7 Å². The maximum absolute atomic E-state index is 8.52.